The zero-order valence-corrected chi connectivity index (χ0v) is 6.47. The van der Waals surface area contributed by atoms with E-state index >= 15 is 0 Å². The molecule has 0 aromatic heterocycles. The van der Waals surface area contributed by atoms with Crippen molar-refractivity contribution in [1.29, 1.82) is 0 Å². The third-order valence-corrected chi connectivity index (χ3v) is 2.12. The van der Waals surface area contributed by atoms with Crippen molar-refractivity contribution < 1.29 is 4.79 Å². The third-order valence-electron chi connectivity index (χ3n) is 2.12. The van der Waals surface area contributed by atoms with E-state index in [1.807, 2.05) is 18.2 Å². The monoisotopic (exact) mass is 163 g/mol. The van der Waals surface area contributed by atoms with Gasteiger partial charge in [-0.05, 0) is 12.0 Å². The van der Waals surface area contributed by atoms with Crippen LogP contribution in [0.15, 0.2) is 34.0 Å². The molecule has 1 aliphatic heterocycles. The van der Waals surface area contributed by atoms with Crippen molar-refractivity contribution in [3.8, 4) is 0 Å². The van der Waals surface area contributed by atoms with Crippen molar-refractivity contribution in [2.45, 2.75) is 12.6 Å². The molecule has 1 amide bonds. The summed E-state index contributed by atoms with van der Waals surface area (Å²) in [5, 5.41) is 7.13. The van der Waals surface area contributed by atoms with Gasteiger partial charge in [-0.2, -0.15) is 5.11 Å². The number of rotatable bonds is 0. The van der Waals surface area contributed by atoms with Crippen molar-refractivity contribution in [3.63, 3.8) is 0 Å². The Morgan fingerprint density at radius 1 is 1.58 bits per heavy atom. The summed E-state index contributed by atoms with van der Waals surface area (Å²) in [7, 11) is 0. The van der Waals surface area contributed by atoms with Crippen molar-refractivity contribution >= 4 is 5.91 Å². The summed E-state index contributed by atoms with van der Waals surface area (Å²) >= 11 is 0. The van der Waals surface area contributed by atoms with E-state index in [-0.39, 0.29) is 11.8 Å². The molecule has 0 aromatic carbocycles. The summed E-state index contributed by atoms with van der Waals surface area (Å²) in [6, 6.07) is 0. The second-order valence-corrected chi connectivity index (χ2v) is 2.88. The van der Waals surface area contributed by atoms with Gasteiger partial charge in [-0.15, -0.1) is 5.11 Å². The van der Waals surface area contributed by atoms with Gasteiger partial charge in [0, 0.05) is 0 Å². The van der Waals surface area contributed by atoms with Crippen LogP contribution in [-0.2, 0) is 4.79 Å². The molecule has 0 radical (unpaired) electrons. The number of nitrogens with two attached hydrogens (primary N) is 1. The molecular formula is C8H9N3O. The first-order chi connectivity index (χ1) is 5.79. The Labute approximate surface area is 69.9 Å². The number of carbonyl (C=O) groups excluding carboxylic acids is 1. The fraction of sp³-hybridized carbons (Fsp3) is 0.375. The van der Waals surface area contributed by atoms with E-state index in [1.165, 1.54) is 0 Å². The van der Waals surface area contributed by atoms with Crippen LogP contribution in [0.3, 0.4) is 0 Å². The topological polar surface area (TPSA) is 67.8 Å². The van der Waals surface area contributed by atoms with E-state index in [0.29, 0.717) is 6.42 Å². The molecule has 0 saturated heterocycles. The highest BCUT2D eigenvalue weighted by molar-refractivity contribution is 5.83. The molecule has 62 valence electrons. The van der Waals surface area contributed by atoms with Gasteiger partial charge in [-0.25, -0.2) is 0 Å². The average molecular weight is 163 g/mol. The molecule has 2 N–H and O–H groups in total. The fourth-order valence-corrected chi connectivity index (χ4v) is 1.45. The lowest BCUT2D eigenvalue weighted by molar-refractivity contribution is -0.121. The van der Waals surface area contributed by atoms with E-state index in [9.17, 15) is 4.79 Å². The summed E-state index contributed by atoms with van der Waals surface area (Å²) in [4.78, 5) is 11.2. The molecule has 4 nitrogen and oxygen atoms in total. The zero-order chi connectivity index (χ0) is 8.55. The predicted molar refractivity (Wildman–Crippen MR) is 43.2 cm³/mol. The van der Waals surface area contributed by atoms with Crippen LogP contribution in [0.2, 0.25) is 0 Å². The normalized spacial score (nSPS) is 33.1. The Bertz CT molecular complexity index is 303. The highest BCUT2D eigenvalue weighted by Crippen LogP contribution is 2.27. The van der Waals surface area contributed by atoms with Crippen molar-refractivity contribution in [2.75, 3.05) is 0 Å². The quantitative estimate of drug-likeness (QED) is 0.573. The Morgan fingerprint density at radius 2 is 2.42 bits per heavy atom. The molecule has 0 fully saturated rings. The smallest absolute Gasteiger partial charge is 0.271 e. The molecular weight excluding hydrogens is 154 g/mol. The van der Waals surface area contributed by atoms with Gasteiger partial charge < -0.3 is 5.73 Å². The van der Waals surface area contributed by atoms with Gasteiger partial charge in [0.1, 0.15) is 6.17 Å². The van der Waals surface area contributed by atoms with Gasteiger partial charge in [0.2, 0.25) is 0 Å². The summed E-state index contributed by atoms with van der Waals surface area (Å²) in [6.07, 6.45) is 5.99. The first-order valence-electron chi connectivity index (χ1n) is 3.86. The Balaban J connectivity index is 2.39. The molecule has 0 bridgehead atoms. The summed E-state index contributed by atoms with van der Waals surface area (Å²) in [5.41, 5.74) is 6.52. The lowest BCUT2D eigenvalue weighted by Gasteiger charge is -2.23. The summed E-state index contributed by atoms with van der Waals surface area (Å²) in [5.74, 6) is -0.324. The number of hydrogen-bond donors (Lipinski definition) is 1. The van der Waals surface area contributed by atoms with Gasteiger partial charge in [0.25, 0.3) is 5.91 Å². The van der Waals surface area contributed by atoms with Crippen LogP contribution in [0, 0.1) is 5.92 Å². The Morgan fingerprint density at radius 3 is 3.17 bits per heavy atom. The van der Waals surface area contributed by atoms with E-state index in [2.05, 4.69) is 10.2 Å². The van der Waals surface area contributed by atoms with Crippen LogP contribution >= 0.6 is 0 Å². The molecule has 0 spiro atoms. The number of nitrogens with zero attached hydrogens (tertiary/aromatic N) is 2. The van der Waals surface area contributed by atoms with Crippen molar-refractivity contribution in [3.05, 3.63) is 23.8 Å². The van der Waals surface area contributed by atoms with Crippen LogP contribution in [0.25, 0.3) is 0 Å². The third kappa shape index (κ3) is 1.00. The average Bonchev–Trinajstić information content (AvgIpc) is 2.12. The first-order valence-corrected chi connectivity index (χ1v) is 3.86. The second kappa shape index (κ2) is 2.64. The molecule has 0 saturated carbocycles. The molecule has 1 aliphatic carbocycles. The zero-order valence-electron chi connectivity index (χ0n) is 6.47. The SMILES string of the molecule is NC1N=NC(=O)C2CC=CC=C12. The first kappa shape index (κ1) is 7.36. The molecule has 2 unspecified atom stereocenters. The van der Waals surface area contributed by atoms with Crippen LogP contribution in [0.5, 0.6) is 0 Å². The predicted octanol–water partition coefficient (Wildman–Crippen LogP) is 0.766. The van der Waals surface area contributed by atoms with Crippen LogP contribution in [0.1, 0.15) is 6.42 Å². The highest BCUT2D eigenvalue weighted by Gasteiger charge is 2.30. The second-order valence-electron chi connectivity index (χ2n) is 2.88. The van der Waals surface area contributed by atoms with Crippen molar-refractivity contribution in [2.24, 2.45) is 21.9 Å². The molecule has 2 atom stereocenters. The Kier molecular flexibility index (Phi) is 1.62. The van der Waals surface area contributed by atoms with Gasteiger partial charge in [-0.1, -0.05) is 18.2 Å². The van der Waals surface area contributed by atoms with Crippen LogP contribution in [-0.4, -0.2) is 12.1 Å². The number of amides is 1. The lowest BCUT2D eigenvalue weighted by Crippen LogP contribution is -2.32. The van der Waals surface area contributed by atoms with E-state index < -0.39 is 6.17 Å². The fourth-order valence-electron chi connectivity index (χ4n) is 1.45. The number of carbonyl (C=O) groups is 1. The van der Waals surface area contributed by atoms with Gasteiger partial charge in [0.05, 0.1) is 5.92 Å². The summed E-state index contributed by atoms with van der Waals surface area (Å²) in [6.45, 7) is 0. The maximum atomic E-state index is 11.2. The molecule has 4 heteroatoms. The molecule has 2 aliphatic rings. The van der Waals surface area contributed by atoms with E-state index in [0.717, 1.165) is 5.57 Å². The Hall–Kier alpha value is -1.29. The van der Waals surface area contributed by atoms with Gasteiger partial charge >= 0.3 is 0 Å². The van der Waals surface area contributed by atoms with Gasteiger partial charge in [0.15, 0.2) is 0 Å². The number of hydrogen-bond acceptors (Lipinski definition) is 3. The van der Waals surface area contributed by atoms with Crippen LogP contribution < -0.4 is 5.73 Å². The molecule has 12 heavy (non-hydrogen) atoms. The minimum absolute atomic E-state index is 0.150. The summed E-state index contributed by atoms with van der Waals surface area (Å²) < 4.78 is 0. The molecule has 2 rings (SSSR count). The minimum atomic E-state index is -0.419. The number of azo groups is 1. The maximum absolute atomic E-state index is 11.2. The largest absolute Gasteiger partial charge is 0.305 e. The molecule has 1 heterocycles. The number of fused-ring (bicyclic) bond motifs is 1. The van der Waals surface area contributed by atoms with Crippen molar-refractivity contribution in [1.82, 2.24) is 0 Å². The van der Waals surface area contributed by atoms with Gasteiger partial charge in [-0.3, -0.25) is 4.79 Å². The minimum Gasteiger partial charge on any atom is -0.305 e. The molecule has 0 aromatic rings. The van der Waals surface area contributed by atoms with E-state index in [1.54, 1.807) is 0 Å². The maximum Gasteiger partial charge on any atom is 0.271 e. The van der Waals surface area contributed by atoms with E-state index in [4.69, 9.17) is 5.73 Å². The lowest BCUT2D eigenvalue weighted by atomic mass is 9.88. The standard InChI is InChI=1S/C8H9N3O/c9-7-5-3-1-2-4-6(5)8(12)11-10-7/h1-3,6-7H,4,9H2. The van der Waals surface area contributed by atoms with Crippen LogP contribution in [0.4, 0.5) is 0 Å². The highest BCUT2D eigenvalue weighted by atomic mass is 16.2. The number of allylic oxidation sites excluding steroid dienone is 3.